The summed E-state index contributed by atoms with van der Waals surface area (Å²) >= 11 is 0. The number of carbonyl (C=O) groups excluding carboxylic acids is 3. The van der Waals surface area contributed by atoms with Gasteiger partial charge in [-0.3, -0.25) is 14.4 Å². The maximum absolute atomic E-state index is 12.9. The molecule has 0 heterocycles. The van der Waals surface area contributed by atoms with Gasteiger partial charge in [0, 0.05) is 19.3 Å². The van der Waals surface area contributed by atoms with Gasteiger partial charge in [0.25, 0.3) is 0 Å². The minimum absolute atomic E-state index is 0.0819. The zero-order valence-electron chi connectivity index (χ0n) is 48.1. The van der Waals surface area contributed by atoms with Crippen LogP contribution in [0.1, 0.15) is 303 Å². The Morgan fingerprint density at radius 1 is 0.288 bits per heavy atom. The highest BCUT2D eigenvalue weighted by Crippen LogP contribution is 2.16. The van der Waals surface area contributed by atoms with E-state index in [1.807, 2.05) is 0 Å². The second-order valence-electron chi connectivity index (χ2n) is 20.6. The Morgan fingerprint density at radius 3 is 0.890 bits per heavy atom. The molecule has 0 aromatic carbocycles. The van der Waals surface area contributed by atoms with E-state index >= 15 is 0 Å². The van der Waals surface area contributed by atoms with E-state index in [4.69, 9.17) is 14.2 Å². The predicted molar refractivity (Wildman–Crippen MR) is 316 cm³/mol. The molecule has 1 atom stereocenters. The van der Waals surface area contributed by atoms with Crippen LogP contribution in [-0.2, 0) is 28.6 Å². The van der Waals surface area contributed by atoms with E-state index in [0.717, 1.165) is 122 Å². The number of ether oxygens (including phenoxy) is 3. The smallest absolute Gasteiger partial charge is 0.306 e. The topological polar surface area (TPSA) is 78.9 Å². The molecule has 0 fully saturated rings. The molecule has 1 unspecified atom stereocenters. The fraction of sp³-hybridized carbons (Fsp3) is 0.746. The van der Waals surface area contributed by atoms with Gasteiger partial charge in [-0.1, -0.05) is 279 Å². The van der Waals surface area contributed by atoms with Crippen LogP contribution in [0.2, 0.25) is 0 Å². The van der Waals surface area contributed by atoms with Crippen molar-refractivity contribution in [2.45, 2.75) is 309 Å². The molecule has 0 rings (SSSR count). The molecule has 0 amide bonds. The van der Waals surface area contributed by atoms with Crippen LogP contribution in [0.5, 0.6) is 0 Å². The van der Waals surface area contributed by atoms with Gasteiger partial charge in [0.1, 0.15) is 13.2 Å². The van der Waals surface area contributed by atoms with Gasteiger partial charge < -0.3 is 14.2 Å². The van der Waals surface area contributed by atoms with Gasteiger partial charge >= 0.3 is 17.9 Å². The highest BCUT2D eigenvalue weighted by Gasteiger charge is 2.19. The van der Waals surface area contributed by atoms with Crippen LogP contribution in [-0.4, -0.2) is 37.2 Å². The van der Waals surface area contributed by atoms with Crippen molar-refractivity contribution >= 4 is 17.9 Å². The van der Waals surface area contributed by atoms with Crippen LogP contribution in [0.25, 0.3) is 0 Å². The fourth-order valence-electron chi connectivity index (χ4n) is 8.74. The minimum Gasteiger partial charge on any atom is -0.462 e. The molecule has 6 nitrogen and oxygen atoms in total. The lowest BCUT2D eigenvalue weighted by Crippen LogP contribution is -2.30. The quantitative estimate of drug-likeness (QED) is 0.0261. The molecule has 0 aromatic rings. The Hall–Kier alpha value is -3.41. The molecule has 0 aromatic heterocycles. The second kappa shape index (κ2) is 61.1. The summed E-state index contributed by atoms with van der Waals surface area (Å²) in [5.74, 6) is -0.889. The molecular formula is C67H116O6. The normalized spacial score (nSPS) is 12.6. The van der Waals surface area contributed by atoms with Gasteiger partial charge in [-0.05, 0) is 89.9 Å². The first kappa shape index (κ1) is 69.6. The van der Waals surface area contributed by atoms with Crippen molar-refractivity contribution in [1.29, 1.82) is 0 Å². The zero-order valence-corrected chi connectivity index (χ0v) is 48.1. The van der Waals surface area contributed by atoms with Gasteiger partial charge in [-0.15, -0.1) is 0 Å². The van der Waals surface area contributed by atoms with Crippen molar-refractivity contribution in [3.05, 3.63) is 85.1 Å². The summed E-state index contributed by atoms with van der Waals surface area (Å²) in [4.78, 5) is 38.2. The van der Waals surface area contributed by atoms with E-state index in [9.17, 15) is 14.4 Å². The summed E-state index contributed by atoms with van der Waals surface area (Å²) < 4.78 is 16.9. The largest absolute Gasteiger partial charge is 0.462 e. The van der Waals surface area contributed by atoms with Crippen LogP contribution in [0, 0.1) is 0 Å². The Labute approximate surface area is 452 Å². The summed E-state index contributed by atoms with van der Waals surface area (Å²) in [6.45, 7) is 6.48. The summed E-state index contributed by atoms with van der Waals surface area (Å²) in [5, 5.41) is 0. The van der Waals surface area contributed by atoms with E-state index in [1.165, 1.54) is 141 Å². The molecule has 0 saturated carbocycles. The summed E-state index contributed by atoms with van der Waals surface area (Å²) in [5.41, 5.74) is 0. The molecule has 0 bridgehead atoms. The maximum Gasteiger partial charge on any atom is 0.306 e. The highest BCUT2D eigenvalue weighted by molar-refractivity contribution is 5.71. The van der Waals surface area contributed by atoms with Crippen LogP contribution in [0.4, 0.5) is 0 Å². The summed E-state index contributed by atoms with van der Waals surface area (Å²) in [6, 6.07) is 0. The molecule has 6 heteroatoms. The van der Waals surface area contributed by atoms with Crippen molar-refractivity contribution in [1.82, 2.24) is 0 Å². The van der Waals surface area contributed by atoms with Crippen LogP contribution in [0.15, 0.2) is 85.1 Å². The van der Waals surface area contributed by atoms with E-state index in [0.29, 0.717) is 19.3 Å². The molecule has 0 spiro atoms. The van der Waals surface area contributed by atoms with E-state index in [-0.39, 0.29) is 31.1 Å². The second-order valence-corrected chi connectivity index (χ2v) is 20.6. The number of carbonyl (C=O) groups is 3. The van der Waals surface area contributed by atoms with Crippen molar-refractivity contribution in [3.63, 3.8) is 0 Å². The first-order chi connectivity index (χ1) is 36.0. The van der Waals surface area contributed by atoms with Gasteiger partial charge in [0.05, 0.1) is 0 Å². The van der Waals surface area contributed by atoms with Crippen molar-refractivity contribution in [2.24, 2.45) is 0 Å². The summed E-state index contributed by atoms with van der Waals surface area (Å²) in [6.07, 6.45) is 80.1. The monoisotopic (exact) mass is 1020 g/mol. The third-order valence-electron chi connectivity index (χ3n) is 13.4. The van der Waals surface area contributed by atoms with Crippen molar-refractivity contribution in [2.75, 3.05) is 13.2 Å². The Balaban J connectivity index is 4.32. The lowest BCUT2D eigenvalue weighted by atomic mass is 10.0. The third kappa shape index (κ3) is 59.3. The number of esters is 3. The van der Waals surface area contributed by atoms with Gasteiger partial charge in [-0.2, -0.15) is 0 Å². The number of hydrogen-bond acceptors (Lipinski definition) is 6. The first-order valence-corrected chi connectivity index (χ1v) is 31.1. The molecule has 73 heavy (non-hydrogen) atoms. The lowest BCUT2D eigenvalue weighted by Gasteiger charge is -2.18. The molecule has 420 valence electrons. The van der Waals surface area contributed by atoms with E-state index in [1.54, 1.807) is 0 Å². The number of unbranched alkanes of at least 4 members (excludes halogenated alkanes) is 31. The molecule has 0 saturated heterocycles. The maximum atomic E-state index is 12.9. The number of hydrogen-bond donors (Lipinski definition) is 0. The molecular weight excluding hydrogens is 901 g/mol. The van der Waals surface area contributed by atoms with Crippen LogP contribution >= 0.6 is 0 Å². The summed E-state index contributed by atoms with van der Waals surface area (Å²) in [7, 11) is 0. The molecule has 0 aliphatic heterocycles. The van der Waals surface area contributed by atoms with Crippen LogP contribution < -0.4 is 0 Å². The molecule has 0 N–H and O–H groups in total. The zero-order chi connectivity index (χ0) is 52.9. The lowest BCUT2D eigenvalue weighted by molar-refractivity contribution is -0.167. The Bertz CT molecular complexity index is 1400. The van der Waals surface area contributed by atoms with Crippen LogP contribution in [0.3, 0.4) is 0 Å². The van der Waals surface area contributed by atoms with Gasteiger partial charge in [0.15, 0.2) is 6.10 Å². The van der Waals surface area contributed by atoms with Gasteiger partial charge in [0.2, 0.25) is 0 Å². The van der Waals surface area contributed by atoms with E-state index < -0.39 is 6.10 Å². The highest BCUT2D eigenvalue weighted by atomic mass is 16.6. The molecule has 0 aliphatic carbocycles. The molecule has 0 radical (unpaired) electrons. The average Bonchev–Trinajstić information content (AvgIpc) is 3.39. The SMILES string of the molecule is CC/C=C\C/C=C\C/C=C\C/C=C\C/C=C\CCCCCCCCCCCC(=O)OCC(COC(=O)CCCCCCC/C=C\C/C=C\CCC)OC(=O)CCCCCCCCCCCCCCCCCCC. The minimum atomic E-state index is -0.784. The predicted octanol–water partition coefficient (Wildman–Crippen LogP) is 21.1. The Kier molecular flexibility index (Phi) is 58.3. The van der Waals surface area contributed by atoms with Crippen molar-refractivity contribution in [3.8, 4) is 0 Å². The number of allylic oxidation sites excluding steroid dienone is 14. The number of rotatable bonds is 56. The standard InChI is InChI=1S/C67H116O6/c1-4-7-10-13-16-19-22-25-27-29-30-31-32-33-34-35-36-38-39-42-45-48-51-54-57-60-66(69)72-63-64(62-71-65(68)59-56-53-50-47-44-41-24-21-18-15-12-9-6-3)73-67(70)61-58-55-52-49-46-43-40-37-28-26-23-20-17-14-11-8-5-2/h7,10,12,15-16,19,21,24-25,27,30-31,33-34,64H,4-6,8-9,11,13-14,17-18,20,22-23,26,28-29,32,35-63H2,1-3H3/b10-7-,15-12-,19-16-,24-21-,27-25-,31-30-,34-33-. The Morgan fingerprint density at radius 2 is 0.562 bits per heavy atom. The van der Waals surface area contributed by atoms with Gasteiger partial charge in [-0.25, -0.2) is 0 Å². The van der Waals surface area contributed by atoms with Crippen molar-refractivity contribution < 1.29 is 28.6 Å². The van der Waals surface area contributed by atoms with E-state index in [2.05, 4.69) is 106 Å². The fourth-order valence-corrected chi connectivity index (χ4v) is 8.74. The molecule has 0 aliphatic rings. The average molecular weight is 1020 g/mol. The third-order valence-corrected chi connectivity index (χ3v) is 13.4. The first-order valence-electron chi connectivity index (χ1n) is 31.1.